The number of hydrogen-bond donors (Lipinski definition) is 0. The van der Waals surface area contributed by atoms with E-state index in [1.165, 1.54) is 40.8 Å². The van der Waals surface area contributed by atoms with Crippen LogP contribution in [0.2, 0.25) is 0 Å². The lowest BCUT2D eigenvalue weighted by Gasteiger charge is -2.32. The van der Waals surface area contributed by atoms with Crippen molar-refractivity contribution in [3.63, 3.8) is 0 Å². The molecule has 1 atom stereocenters. The molecule has 23 heavy (non-hydrogen) atoms. The Labute approximate surface area is 140 Å². The van der Waals surface area contributed by atoms with Gasteiger partial charge in [0.05, 0.1) is 11.7 Å². The molecule has 0 spiro atoms. The second-order valence-electron chi connectivity index (χ2n) is 6.69. The molecule has 0 saturated heterocycles. The second-order valence-corrected chi connectivity index (χ2v) is 6.69. The molecule has 0 aliphatic heterocycles. The minimum Gasteiger partial charge on any atom is -0.291 e. The lowest BCUT2D eigenvalue weighted by Crippen LogP contribution is -2.32. The highest BCUT2D eigenvalue weighted by molar-refractivity contribution is 5.43. The molecule has 1 aliphatic carbocycles. The standard InChI is InChI=1S/C21H28N2/c1-4-13-23(14-5-2)21-19-11-8-16(3)15-18(19)10-9-17-7-6-12-22-20(17)21/h6-8,11-12,15,21H,4-5,9-10,13-14H2,1-3H3. The normalized spacial score (nSPS) is 16.8. The summed E-state index contributed by atoms with van der Waals surface area (Å²) in [5, 5.41) is 0. The molecule has 1 heterocycles. The number of aromatic nitrogens is 1. The van der Waals surface area contributed by atoms with Crippen LogP contribution in [-0.2, 0) is 12.8 Å². The Morgan fingerprint density at radius 1 is 1.04 bits per heavy atom. The van der Waals surface area contributed by atoms with Crippen LogP contribution in [0.5, 0.6) is 0 Å². The van der Waals surface area contributed by atoms with E-state index in [-0.39, 0.29) is 0 Å². The van der Waals surface area contributed by atoms with E-state index >= 15 is 0 Å². The fourth-order valence-electron chi connectivity index (χ4n) is 3.86. The van der Waals surface area contributed by atoms with Crippen molar-refractivity contribution in [2.24, 2.45) is 0 Å². The Morgan fingerprint density at radius 2 is 1.78 bits per heavy atom. The van der Waals surface area contributed by atoms with Crippen LogP contribution in [-0.4, -0.2) is 23.0 Å². The molecule has 2 heteroatoms. The Bertz CT molecular complexity index is 657. The van der Waals surface area contributed by atoms with Crippen LogP contribution in [0, 0.1) is 6.92 Å². The van der Waals surface area contributed by atoms with Gasteiger partial charge in [-0.25, -0.2) is 0 Å². The van der Waals surface area contributed by atoms with Gasteiger partial charge in [-0.15, -0.1) is 0 Å². The second kappa shape index (κ2) is 7.27. The van der Waals surface area contributed by atoms with Crippen LogP contribution >= 0.6 is 0 Å². The van der Waals surface area contributed by atoms with Gasteiger partial charge in [-0.05, 0) is 68.5 Å². The SMILES string of the molecule is CCCN(CCC)C1c2ccc(C)cc2CCc2cccnc21. The lowest BCUT2D eigenvalue weighted by molar-refractivity contribution is 0.222. The van der Waals surface area contributed by atoms with Gasteiger partial charge in [-0.3, -0.25) is 9.88 Å². The number of rotatable bonds is 5. The van der Waals surface area contributed by atoms with Crippen molar-refractivity contribution < 1.29 is 0 Å². The van der Waals surface area contributed by atoms with Crippen LogP contribution in [0.4, 0.5) is 0 Å². The Morgan fingerprint density at radius 3 is 2.52 bits per heavy atom. The summed E-state index contributed by atoms with van der Waals surface area (Å²) in [5.41, 5.74) is 7.03. The van der Waals surface area contributed by atoms with E-state index in [9.17, 15) is 0 Å². The van der Waals surface area contributed by atoms with E-state index < -0.39 is 0 Å². The van der Waals surface area contributed by atoms with E-state index in [0.29, 0.717) is 6.04 Å². The molecular weight excluding hydrogens is 280 g/mol. The van der Waals surface area contributed by atoms with Crippen LogP contribution in [0.1, 0.15) is 60.7 Å². The molecule has 2 nitrogen and oxygen atoms in total. The molecule has 0 radical (unpaired) electrons. The van der Waals surface area contributed by atoms with E-state index in [1.807, 2.05) is 6.20 Å². The summed E-state index contributed by atoms with van der Waals surface area (Å²) in [5.74, 6) is 0. The number of nitrogens with zero attached hydrogens (tertiary/aromatic N) is 2. The maximum absolute atomic E-state index is 4.83. The molecule has 1 unspecified atom stereocenters. The molecule has 1 aromatic heterocycles. The smallest absolute Gasteiger partial charge is 0.0781 e. The first-order valence-corrected chi connectivity index (χ1v) is 9.01. The van der Waals surface area contributed by atoms with Crippen molar-refractivity contribution in [1.29, 1.82) is 0 Å². The first-order chi connectivity index (χ1) is 11.2. The van der Waals surface area contributed by atoms with Crippen LogP contribution in [0.25, 0.3) is 0 Å². The van der Waals surface area contributed by atoms with Gasteiger partial charge < -0.3 is 0 Å². The van der Waals surface area contributed by atoms with Crippen LogP contribution in [0.3, 0.4) is 0 Å². The number of pyridine rings is 1. The Balaban J connectivity index is 2.14. The maximum Gasteiger partial charge on any atom is 0.0781 e. The molecular formula is C21H28N2. The third-order valence-electron chi connectivity index (χ3n) is 4.83. The highest BCUT2D eigenvalue weighted by atomic mass is 15.2. The minimum absolute atomic E-state index is 0.309. The highest BCUT2D eigenvalue weighted by Crippen LogP contribution is 2.36. The van der Waals surface area contributed by atoms with Gasteiger partial charge >= 0.3 is 0 Å². The van der Waals surface area contributed by atoms with Crippen molar-refractivity contribution in [3.05, 3.63) is 64.5 Å². The molecule has 0 saturated carbocycles. The van der Waals surface area contributed by atoms with Crippen LogP contribution in [0.15, 0.2) is 36.5 Å². The summed E-state index contributed by atoms with van der Waals surface area (Å²) < 4.78 is 0. The molecule has 122 valence electrons. The van der Waals surface area contributed by atoms with Crippen molar-refractivity contribution >= 4 is 0 Å². The summed E-state index contributed by atoms with van der Waals surface area (Å²) in [6.45, 7) is 8.99. The van der Waals surface area contributed by atoms with Crippen molar-refractivity contribution in [1.82, 2.24) is 9.88 Å². The van der Waals surface area contributed by atoms with Gasteiger partial charge in [0.1, 0.15) is 0 Å². The monoisotopic (exact) mass is 308 g/mol. The van der Waals surface area contributed by atoms with E-state index in [0.717, 1.165) is 25.9 Å². The number of hydrogen-bond acceptors (Lipinski definition) is 2. The van der Waals surface area contributed by atoms with Gasteiger partial charge in [0.25, 0.3) is 0 Å². The van der Waals surface area contributed by atoms with E-state index in [2.05, 4.69) is 56.0 Å². The van der Waals surface area contributed by atoms with Gasteiger partial charge in [-0.2, -0.15) is 0 Å². The van der Waals surface area contributed by atoms with Crippen molar-refractivity contribution in [2.45, 2.75) is 52.5 Å². The van der Waals surface area contributed by atoms with Crippen molar-refractivity contribution in [2.75, 3.05) is 13.1 Å². The quantitative estimate of drug-likeness (QED) is 0.796. The summed E-state index contributed by atoms with van der Waals surface area (Å²) in [6.07, 6.45) is 6.54. The maximum atomic E-state index is 4.83. The van der Waals surface area contributed by atoms with Gasteiger partial charge in [0.2, 0.25) is 0 Å². The van der Waals surface area contributed by atoms with E-state index in [1.54, 1.807) is 0 Å². The summed E-state index contributed by atoms with van der Waals surface area (Å²) in [7, 11) is 0. The zero-order chi connectivity index (χ0) is 16.2. The molecule has 0 bridgehead atoms. The fraction of sp³-hybridized carbons (Fsp3) is 0.476. The molecule has 3 rings (SSSR count). The first-order valence-electron chi connectivity index (χ1n) is 9.01. The number of aryl methyl sites for hydroxylation is 3. The molecule has 0 fully saturated rings. The lowest BCUT2D eigenvalue weighted by atomic mass is 9.95. The first kappa shape index (κ1) is 16.2. The minimum atomic E-state index is 0.309. The summed E-state index contributed by atoms with van der Waals surface area (Å²) in [6, 6.07) is 11.6. The molecule has 0 amide bonds. The Hall–Kier alpha value is -1.67. The third-order valence-corrected chi connectivity index (χ3v) is 4.83. The topological polar surface area (TPSA) is 16.1 Å². The van der Waals surface area contributed by atoms with Gasteiger partial charge in [0, 0.05) is 6.20 Å². The summed E-state index contributed by atoms with van der Waals surface area (Å²) in [4.78, 5) is 7.46. The molecule has 1 aliphatic rings. The zero-order valence-electron chi connectivity index (χ0n) is 14.7. The van der Waals surface area contributed by atoms with Crippen LogP contribution < -0.4 is 0 Å². The zero-order valence-corrected chi connectivity index (χ0v) is 14.7. The number of fused-ring (bicyclic) bond motifs is 2. The summed E-state index contributed by atoms with van der Waals surface area (Å²) >= 11 is 0. The van der Waals surface area contributed by atoms with Gasteiger partial charge in [-0.1, -0.05) is 43.7 Å². The molecule has 2 aromatic rings. The van der Waals surface area contributed by atoms with E-state index in [4.69, 9.17) is 4.98 Å². The molecule has 1 aromatic carbocycles. The number of benzene rings is 1. The Kier molecular flexibility index (Phi) is 5.12. The predicted molar refractivity (Wildman–Crippen MR) is 96.8 cm³/mol. The largest absolute Gasteiger partial charge is 0.291 e. The fourth-order valence-corrected chi connectivity index (χ4v) is 3.86. The van der Waals surface area contributed by atoms with Crippen molar-refractivity contribution in [3.8, 4) is 0 Å². The highest BCUT2D eigenvalue weighted by Gasteiger charge is 2.29. The molecule has 0 N–H and O–H groups in total. The average molecular weight is 308 g/mol. The third kappa shape index (κ3) is 3.32. The van der Waals surface area contributed by atoms with Gasteiger partial charge in [0.15, 0.2) is 0 Å². The predicted octanol–water partition coefficient (Wildman–Crippen LogP) is 4.70. The average Bonchev–Trinajstić information content (AvgIpc) is 2.71.